The van der Waals surface area contributed by atoms with Gasteiger partial charge in [0.25, 0.3) is 5.91 Å². The number of rotatable bonds is 3. The normalized spacial score (nSPS) is 22.2. The summed E-state index contributed by atoms with van der Waals surface area (Å²) in [6.45, 7) is 1.80. The van der Waals surface area contributed by atoms with E-state index < -0.39 is 0 Å². The van der Waals surface area contributed by atoms with Gasteiger partial charge < -0.3 is 16.2 Å². The first-order valence-electron chi connectivity index (χ1n) is 6.39. The molecule has 4 nitrogen and oxygen atoms in total. The van der Waals surface area contributed by atoms with E-state index in [0.29, 0.717) is 10.6 Å². The van der Waals surface area contributed by atoms with Crippen molar-refractivity contribution in [2.45, 2.75) is 32.2 Å². The van der Waals surface area contributed by atoms with E-state index in [0.717, 1.165) is 24.8 Å². The number of benzene rings is 1. The van der Waals surface area contributed by atoms with Crippen LogP contribution in [0.5, 0.6) is 5.75 Å². The second kappa shape index (κ2) is 5.57. The van der Waals surface area contributed by atoms with Gasteiger partial charge in [0, 0.05) is 17.5 Å². The van der Waals surface area contributed by atoms with E-state index in [4.69, 9.17) is 18.0 Å². The molecule has 1 aromatic rings. The van der Waals surface area contributed by atoms with Crippen LogP contribution >= 0.6 is 12.2 Å². The Labute approximate surface area is 118 Å². The molecule has 1 amide bonds. The zero-order valence-corrected chi connectivity index (χ0v) is 11.7. The summed E-state index contributed by atoms with van der Waals surface area (Å²) in [7, 11) is 0. The molecule has 0 saturated heterocycles. The van der Waals surface area contributed by atoms with Crippen LogP contribution in [-0.2, 0) is 0 Å². The topological polar surface area (TPSA) is 75.3 Å². The molecule has 1 aliphatic rings. The quantitative estimate of drug-likeness (QED) is 0.738. The van der Waals surface area contributed by atoms with E-state index in [9.17, 15) is 9.90 Å². The highest BCUT2D eigenvalue weighted by Crippen LogP contribution is 2.26. The highest BCUT2D eigenvalue weighted by atomic mass is 32.1. The summed E-state index contributed by atoms with van der Waals surface area (Å²) in [5.74, 6) is 0.123. The number of thiocarbonyl (C=S) groups is 1. The second-order valence-corrected chi connectivity index (χ2v) is 5.49. The summed E-state index contributed by atoms with van der Waals surface area (Å²) in [4.78, 5) is 12.7. The molecule has 0 aromatic heterocycles. The number of carbonyl (C=O) groups is 1. The first-order valence-corrected chi connectivity index (χ1v) is 6.79. The number of nitrogens with one attached hydrogen (secondary N) is 1. The van der Waals surface area contributed by atoms with Crippen molar-refractivity contribution in [1.29, 1.82) is 0 Å². The molecular formula is C14H18N2O2S. The lowest BCUT2D eigenvalue weighted by atomic mass is 10.0. The van der Waals surface area contributed by atoms with E-state index in [1.54, 1.807) is 19.1 Å². The minimum Gasteiger partial charge on any atom is -0.508 e. The van der Waals surface area contributed by atoms with E-state index >= 15 is 0 Å². The number of phenolic OH excluding ortho intramolecular Hbond substituents is 1. The smallest absolute Gasteiger partial charge is 0.251 e. The van der Waals surface area contributed by atoms with Crippen molar-refractivity contribution in [3.8, 4) is 5.75 Å². The van der Waals surface area contributed by atoms with E-state index in [1.165, 1.54) is 6.07 Å². The van der Waals surface area contributed by atoms with Gasteiger partial charge in [-0.2, -0.15) is 0 Å². The lowest BCUT2D eigenvalue weighted by molar-refractivity contribution is 0.0933. The molecule has 1 fully saturated rings. The predicted molar refractivity (Wildman–Crippen MR) is 78.2 cm³/mol. The van der Waals surface area contributed by atoms with Gasteiger partial charge in [-0.25, -0.2) is 0 Å². The monoisotopic (exact) mass is 278 g/mol. The van der Waals surface area contributed by atoms with Gasteiger partial charge in [-0.05, 0) is 43.5 Å². The molecule has 0 aliphatic heterocycles. The van der Waals surface area contributed by atoms with Gasteiger partial charge in [0.15, 0.2) is 0 Å². The van der Waals surface area contributed by atoms with Crippen LogP contribution in [0.4, 0.5) is 0 Å². The zero-order valence-electron chi connectivity index (χ0n) is 10.8. The second-order valence-electron chi connectivity index (χ2n) is 5.02. The Morgan fingerprint density at radius 2 is 2.21 bits per heavy atom. The third-order valence-electron chi connectivity index (χ3n) is 3.65. The summed E-state index contributed by atoms with van der Waals surface area (Å²) in [6.07, 6.45) is 2.88. The fraction of sp³-hybridized carbons (Fsp3) is 0.429. The highest BCUT2D eigenvalue weighted by molar-refractivity contribution is 7.80. The molecule has 2 rings (SSSR count). The summed E-state index contributed by atoms with van der Waals surface area (Å²) >= 11 is 5.04. The van der Waals surface area contributed by atoms with Crippen molar-refractivity contribution in [2.75, 3.05) is 0 Å². The first-order chi connectivity index (χ1) is 8.99. The van der Waals surface area contributed by atoms with E-state index in [1.807, 2.05) is 0 Å². The Morgan fingerprint density at radius 1 is 1.47 bits per heavy atom. The van der Waals surface area contributed by atoms with E-state index in [-0.39, 0.29) is 23.6 Å². The van der Waals surface area contributed by atoms with Crippen LogP contribution in [0.1, 0.15) is 35.2 Å². The Balaban J connectivity index is 2.10. The maximum absolute atomic E-state index is 12.2. The Kier molecular flexibility index (Phi) is 4.04. The molecule has 0 bridgehead atoms. The van der Waals surface area contributed by atoms with Crippen LogP contribution in [0.25, 0.3) is 0 Å². The number of phenols is 1. The molecule has 1 aliphatic carbocycles. The average molecular weight is 278 g/mol. The number of aryl methyl sites for hydroxylation is 1. The summed E-state index contributed by atoms with van der Waals surface area (Å²) < 4.78 is 0. The lowest BCUT2D eigenvalue weighted by Gasteiger charge is -2.20. The van der Waals surface area contributed by atoms with Crippen molar-refractivity contribution < 1.29 is 9.90 Å². The largest absolute Gasteiger partial charge is 0.508 e. The fourth-order valence-corrected chi connectivity index (χ4v) is 2.90. The van der Waals surface area contributed by atoms with Gasteiger partial charge in [-0.1, -0.05) is 18.6 Å². The van der Waals surface area contributed by atoms with Crippen LogP contribution in [0.2, 0.25) is 0 Å². The molecule has 5 heteroatoms. The van der Waals surface area contributed by atoms with Gasteiger partial charge in [0.05, 0.1) is 4.99 Å². The molecule has 2 atom stereocenters. The van der Waals surface area contributed by atoms with Crippen molar-refractivity contribution in [1.82, 2.24) is 5.32 Å². The van der Waals surface area contributed by atoms with Crippen LogP contribution in [0.3, 0.4) is 0 Å². The maximum atomic E-state index is 12.2. The molecule has 19 heavy (non-hydrogen) atoms. The number of carbonyl (C=O) groups excluding carboxylic acids is 1. The van der Waals surface area contributed by atoms with Crippen LogP contribution < -0.4 is 11.1 Å². The first kappa shape index (κ1) is 13.8. The van der Waals surface area contributed by atoms with Crippen molar-refractivity contribution in [3.63, 3.8) is 0 Å². The average Bonchev–Trinajstić information content (AvgIpc) is 2.76. The Morgan fingerprint density at radius 3 is 2.84 bits per heavy atom. The maximum Gasteiger partial charge on any atom is 0.251 e. The zero-order chi connectivity index (χ0) is 14.0. The third kappa shape index (κ3) is 3.04. The van der Waals surface area contributed by atoms with Crippen molar-refractivity contribution in [2.24, 2.45) is 11.7 Å². The van der Waals surface area contributed by atoms with Crippen molar-refractivity contribution >= 4 is 23.1 Å². The van der Waals surface area contributed by atoms with Crippen LogP contribution in [0.15, 0.2) is 18.2 Å². The van der Waals surface area contributed by atoms with Crippen LogP contribution in [-0.4, -0.2) is 22.0 Å². The minimum absolute atomic E-state index is 0.0261. The van der Waals surface area contributed by atoms with Gasteiger partial charge in [0.2, 0.25) is 0 Å². The van der Waals surface area contributed by atoms with Gasteiger partial charge in [0.1, 0.15) is 5.75 Å². The van der Waals surface area contributed by atoms with Gasteiger partial charge in [-0.15, -0.1) is 0 Å². The molecule has 2 unspecified atom stereocenters. The van der Waals surface area contributed by atoms with Crippen molar-refractivity contribution in [3.05, 3.63) is 29.3 Å². The van der Waals surface area contributed by atoms with Gasteiger partial charge >= 0.3 is 0 Å². The lowest BCUT2D eigenvalue weighted by Crippen LogP contribution is -2.41. The van der Waals surface area contributed by atoms with E-state index in [2.05, 4.69) is 5.32 Å². The number of aromatic hydroxyl groups is 1. The SMILES string of the molecule is Cc1cc(O)ccc1C(=O)NC1CCCC1C(N)=S. The highest BCUT2D eigenvalue weighted by Gasteiger charge is 2.30. The molecular weight excluding hydrogens is 260 g/mol. The number of amides is 1. The number of nitrogens with two attached hydrogens (primary N) is 1. The standard InChI is InChI=1S/C14H18N2O2S/c1-8-7-9(17)5-6-10(8)14(18)16-12-4-2-3-11(12)13(15)19/h5-7,11-12,17H,2-4H2,1H3,(H2,15,19)(H,16,18). The summed E-state index contributed by atoms with van der Waals surface area (Å²) in [5.41, 5.74) is 7.03. The molecule has 1 saturated carbocycles. The minimum atomic E-state index is -0.134. The van der Waals surface area contributed by atoms with Crippen LogP contribution in [0, 0.1) is 12.8 Å². The third-order valence-corrected chi connectivity index (χ3v) is 3.96. The molecule has 1 aromatic carbocycles. The molecule has 0 heterocycles. The molecule has 102 valence electrons. The summed E-state index contributed by atoms with van der Waals surface area (Å²) in [5, 5.41) is 12.4. The number of hydrogen-bond acceptors (Lipinski definition) is 3. The molecule has 0 radical (unpaired) electrons. The molecule has 4 N–H and O–H groups in total. The fourth-order valence-electron chi connectivity index (χ4n) is 2.62. The Bertz CT molecular complexity index is 516. The summed E-state index contributed by atoms with van der Waals surface area (Å²) in [6, 6.07) is 4.75. The van der Waals surface area contributed by atoms with Gasteiger partial charge in [-0.3, -0.25) is 4.79 Å². The predicted octanol–water partition coefficient (Wildman–Crippen LogP) is 1.89. The number of hydrogen-bond donors (Lipinski definition) is 3. The Hall–Kier alpha value is -1.62. The molecule has 0 spiro atoms.